The minimum atomic E-state index is -0.335. The zero-order valence-electron chi connectivity index (χ0n) is 10.2. The largest absolute Gasteiger partial charge is 0.490 e. The topological polar surface area (TPSA) is 35.2 Å². The van der Waals surface area contributed by atoms with Crippen LogP contribution in [0.1, 0.15) is 38.8 Å². The highest BCUT2D eigenvalue weighted by molar-refractivity contribution is 5.30. The van der Waals surface area contributed by atoms with Crippen LogP contribution in [-0.2, 0) is 0 Å². The van der Waals surface area contributed by atoms with Crippen LogP contribution in [0, 0.1) is 11.7 Å². The number of halogens is 1. The van der Waals surface area contributed by atoms with Gasteiger partial charge in [-0.3, -0.25) is 0 Å². The van der Waals surface area contributed by atoms with Crippen LogP contribution in [-0.4, -0.2) is 6.61 Å². The number of rotatable bonds is 5. The molecule has 0 heterocycles. The lowest BCUT2D eigenvalue weighted by Crippen LogP contribution is -2.09. The first kappa shape index (κ1) is 13.0. The van der Waals surface area contributed by atoms with Crippen molar-refractivity contribution < 1.29 is 9.13 Å². The summed E-state index contributed by atoms with van der Waals surface area (Å²) in [7, 11) is 0. The van der Waals surface area contributed by atoms with Crippen LogP contribution in [0.3, 0.4) is 0 Å². The Hall–Kier alpha value is -1.09. The smallest absolute Gasteiger partial charge is 0.165 e. The predicted octanol–water partition coefficient (Wildman–Crippen LogP) is 3.27. The summed E-state index contributed by atoms with van der Waals surface area (Å²) in [6, 6.07) is 4.74. The number of hydrogen-bond acceptors (Lipinski definition) is 2. The molecule has 0 aliphatic heterocycles. The Morgan fingerprint density at radius 3 is 2.56 bits per heavy atom. The van der Waals surface area contributed by atoms with Crippen molar-refractivity contribution in [1.82, 2.24) is 0 Å². The molecule has 0 bridgehead atoms. The fourth-order valence-corrected chi connectivity index (χ4v) is 1.27. The number of ether oxygens (including phenoxy) is 1. The first-order valence-corrected chi connectivity index (χ1v) is 5.72. The van der Waals surface area contributed by atoms with Crippen molar-refractivity contribution in [2.75, 3.05) is 6.61 Å². The van der Waals surface area contributed by atoms with Gasteiger partial charge < -0.3 is 10.5 Å². The maximum Gasteiger partial charge on any atom is 0.165 e. The third kappa shape index (κ3) is 3.49. The summed E-state index contributed by atoms with van der Waals surface area (Å²) in [5, 5.41) is 0. The lowest BCUT2D eigenvalue weighted by atomic mass is 10.1. The molecule has 0 saturated carbocycles. The van der Waals surface area contributed by atoms with E-state index >= 15 is 0 Å². The Balaban J connectivity index is 2.68. The summed E-state index contributed by atoms with van der Waals surface area (Å²) < 4.78 is 19.0. The Bertz CT molecular complexity index is 339. The van der Waals surface area contributed by atoms with Crippen molar-refractivity contribution in [1.29, 1.82) is 0 Å². The SMILES string of the molecule is CCC(C)COc1ccc(C(C)N)cc1F. The molecule has 1 aromatic rings. The van der Waals surface area contributed by atoms with E-state index in [0.717, 1.165) is 12.0 Å². The van der Waals surface area contributed by atoms with E-state index in [0.29, 0.717) is 18.3 Å². The Labute approximate surface area is 96.6 Å². The van der Waals surface area contributed by atoms with E-state index in [9.17, 15) is 4.39 Å². The van der Waals surface area contributed by atoms with E-state index in [-0.39, 0.29) is 11.9 Å². The summed E-state index contributed by atoms with van der Waals surface area (Å²) in [5.41, 5.74) is 6.45. The van der Waals surface area contributed by atoms with Crippen LogP contribution in [0.4, 0.5) is 4.39 Å². The second-order valence-electron chi connectivity index (χ2n) is 4.30. The lowest BCUT2D eigenvalue weighted by Gasteiger charge is -2.13. The highest BCUT2D eigenvalue weighted by Gasteiger charge is 2.08. The predicted molar refractivity (Wildman–Crippen MR) is 64.0 cm³/mol. The molecule has 0 aromatic heterocycles. The van der Waals surface area contributed by atoms with Crippen LogP contribution >= 0.6 is 0 Å². The van der Waals surface area contributed by atoms with Gasteiger partial charge in [-0.25, -0.2) is 4.39 Å². The molecular weight excluding hydrogens is 205 g/mol. The van der Waals surface area contributed by atoms with Crippen molar-refractivity contribution >= 4 is 0 Å². The van der Waals surface area contributed by atoms with E-state index in [2.05, 4.69) is 13.8 Å². The van der Waals surface area contributed by atoms with Gasteiger partial charge in [-0.15, -0.1) is 0 Å². The molecule has 1 rings (SSSR count). The second kappa shape index (κ2) is 5.85. The summed E-state index contributed by atoms with van der Waals surface area (Å²) in [6.07, 6.45) is 1.03. The van der Waals surface area contributed by atoms with Gasteiger partial charge in [0.15, 0.2) is 11.6 Å². The monoisotopic (exact) mass is 225 g/mol. The van der Waals surface area contributed by atoms with Crippen LogP contribution in [0.2, 0.25) is 0 Å². The van der Waals surface area contributed by atoms with Gasteiger partial charge in [-0.2, -0.15) is 0 Å². The third-order valence-corrected chi connectivity index (χ3v) is 2.70. The molecule has 2 N–H and O–H groups in total. The first-order chi connectivity index (χ1) is 7.54. The standard InChI is InChI=1S/C13H20FNO/c1-4-9(2)8-16-13-6-5-11(10(3)15)7-12(13)14/h5-7,9-10H,4,8,15H2,1-3H3. The summed E-state index contributed by atoms with van der Waals surface area (Å²) in [5.74, 6) is 0.412. The summed E-state index contributed by atoms with van der Waals surface area (Å²) in [6.45, 7) is 6.54. The highest BCUT2D eigenvalue weighted by Crippen LogP contribution is 2.21. The number of benzene rings is 1. The van der Waals surface area contributed by atoms with E-state index < -0.39 is 0 Å². The van der Waals surface area contributed by atoms with Gasteiger partial charge in [0, 0.05) is 6.04 Å². The number of nitrogens with two attached hydrogens (primary N) is 1. The molecule has 0 radical (unpaired) electrons. The molecule has 2 unspecified atom stereocenters. The van der Waals surface area contributed by atoms with Crippen molar-refractivity contribution in [3.63, 3.8) is 0 Å². The summed E-state index contributed by atoms with van der Waals surface area (Å²) >= 11 is 0. The van der Waals surface area contributed by atoms with E-state index in [1.165, 1.54) is 6.07 Å². The van der Waals surface area contributed by atoms with Gasteiger partial charge in [-0.1, -0.05) is 26.3 Å². The molecule has 2 atom stereocenters. The van der Waals surface area contributed by atoms with Gasteiger partial charge in [-0.05, 0) is 30.5 Å². The molecule has 0 amide bonds. The fraction of sp³-hybridized carbons (Fsp3) is 0.538. The molecule has 16 heavy (non-hydrogen) atoms. The van der Waals surface area contributed by atoms with Gasteiger partial charge in [0.05, 0.1) is 6.61 Å². The quantitative estimate of drug-likeness (QED) is 0.834. The molecule has 3 heteroatoms. The van der Waals surface area contributed by atoms with Crippen LogP contribution in [0.25, 0.3) is 0 Å². The molecular formula is C13H20FNO. The summed E-state index contributed by atoms with van der Waals surface area (Å²) in [4.78, 5) is 0. The number of hydrogen-bond donors (Lipinski definition) is 1. The average Bonchev–Trinajstić information content (AvgIpc) is 2.26. The maximum atomic E-state index is 13.6. The molecule has 0 spiro atoms. The normalized spacial score (nSPS) is 14.6. The van der Waals surface area contributed by atoms with Gasteiger partial charge in [0.2, 0.25) is 0 Å². The molecule has 0 fully saturated rings. The van der Waals surface area contributed by atoms with Crippen LogP contribution < -0.4 is 10.5 Å². The second-order valence-corrected chi connectivity index (χ2v) is 4.30. The average molecular weight is 225 g/mol. The zero-order chi connectivity index (χ0) is 12.1. The molecule has 90 valence electrons. The van der Waals surface area contributed by atoms with Gasteiger partial charge >= 0.3 is 0 Å². The molecule has 0 aliphatic carbocycles. The molecule has 1 aromatic carbocycles. The minimum absolute atomic E-state index is 0.155. The Kier molecular flexibility index (Phi) is 4.74. The lowest BCUT2D eigenvalue weighted by molar-refractivity contribution is 0.246. The van der Waals surface area contributed by atoms with Crippen molar-refractivity contribution in [2.24, 2.45) is 11.7 Å². The van der Waals surface area contributed by atoms with Crippen LogP contribution in [0.5, 0.6) is 5.75 Å². The maximum absolute atomic E-state index is 13.6. The third-order valence-electron chi connectivity index (χ3n) is 2.70. The highest BCUT2D eigenvalue weighted by atomic mass is 19.1. The molecule has 2 nitrogen and oxygen atoms in total. The van der Waals surface area contributed by atoms with E-state index in [4.69, 9.17) is 10.5 Å². The Morgan fingerprint density at radius 2 is 2.06 bits per heavy atom. The van der Waals surface area contributed by atoms with E-state index in [1.807, 2.05) is 6.92 Å². The van der Waals surface area contributed by atoms with Gasteiger partial charge in [0.1, 0.15) is 0 Å². The van der Waals surface area contributed by atoms with Crippen LogP contribution in [0.15, 0.2) is 18.2 Å². The minimum Gasteiger partial charge on any atom is -0.490 e. The van der Waals surface area contributed by atoms with Crippen molar-refractivity contribution in [2.45, 2.75) is 33.2 Å². The molecule has 0 aliphatic rings. The fourth-order valence-electron chi connectivity index (χ4n) is 1.27. The van der Waals surface area contributed by atoms with Crippen molar-refractivity contribution in [3.8, 4) is 5.75 Å². The van der Waals surface area contributed by atoms with Crippen molar-refractivity contribution in [3.05, 3.63) is 29.6 Å². The van der Waals surface area contributed by atoms with Gasteiger partial charge in [0.25, 0.3) is 0 Å². The van der Waals surface area contributed by atoms with E-state index in [1.54, 1.807) is 12.1 Å². The Morgan fingerprint density at radius 1 is 1.38 bits per heavy atom. The zero-order valence-corrected chi connectivity index (χ0v) is 10.2. The molecule has 0 saturated heterocycles. The first-order valence-electron chi connectivity index (χ1n) is 5.72.